The zero-order valence-corrected chi connectivity index (χ0v) is 15.3. The molecule has 0 fully saturated rings. The Balaban J connectivity index is 1.80. The highest BCUT2D eigenvalue weighted by molar-refractivity contribution is 6.12. The quantitative estimate of drug-likeness (QED) is 0.348. The van der Waals surface area contributed by atoms with Gasteiger partial charge < -0.3 is 4.74 Å². The first-order chi connectivity index (χ1) is 12.0. The monoisotopic (exact) mass is 456 g/mol. The third-order valence-corrected chi connectivity index (χ3v) is 6.45. The normalized spacial score (nSPS) is 13.6. The molecule has 3 rings (SSSR count). The van der Waals surface area contributed by atoms with E-state index in [9.17, 15) is 18.4 Å². The van der Waals surface area contributed by atoms with E-state index in [1.165, 1.54) is 12.1 Å². The number of carbonyl (C=O) groups excluding carboxylic acids is 2. The van der Waals surface area contributed by atoms with Gasteiger partial charge in [-0.3, -0.25) is 14.5 Å². The lowest BCUT2D eigenvalue weighted by Gasteiger charge is -2.13. The van der Waals surface area contributed by atoms with E-state index in [4.69, 9.17) is 4.74 Å². The van der Waals surface area contributed by atoms with Crippen molar-refractivity contribution in [3.05, 3.63) is 72.9 Å². The molecule has 0 unspecified atom stereocenters. The zero-order chi connectivity index (χ0) is 18.0. The lowest BCUT2D eigenvalue weighted by Crippen LogP contribution is -3.62. The van der Waals surface area contributed by atoms with Crippen molar-refractivity contribution in [2.24, 2.45) is 0 Å². The SMILES string of the molecule is COc1ccc([I+]c2c(F)cc(CN3C(=O)C=CC3=O)cc2F)cc1. The van der Waals surface area contributed by atoms with E-state index in [1.54, 1.807) is 31.4 Å². The maximum absolute atomic E-state index is 14.4. The highest BCUT2D eigenvalue weighted by atomic mass is 127. The van der Waals surface area contributed by atoms with Crippen LogP contribution >= 0.6 is 0 Å². The van der Waals surface area contributed by atoms with Crippen LogP contribution in [0.5, 0.6) is 5.75 Å². The van der Waals surface area contributed by atoms with Gasteiger partial charge in [-0.2, -0.15) is 0 Å². The van der Waals surface area contributed by atoms with Gasteiger partial charge in [-0.15, -0.1) is 0 Å². The Morgan fingerprint density at radius 1 is 1.00 bits per heavy atom. The molecule has 1 heterocycles. The zero-order valence-electron chi connectivity index (χ0n) is 13.1. The minimum Gasteiger partial charge on any atom is -0.497 e. The van der Waals surface area contributed by atoms with E-state index < -0.39 is 44.7 Å². The number of hydrogen-bond acceptors (Lipinski definition) is 3. The Bertz CT molecular complexity index is 824. The molecule has 4 nitrogen and oxygen atoms in total. The Morgan fingerprint density at radius 3 is 2.08 bits per heavy atom. The predicted octanol–water partition coefficient (Wildman–Crippen LogP) is -0.473. The summed E-state index contributed by atoms with van der Waals surface area (Å²) in [6.07, 6.45) is 2.27. The number of halogens is 3. The molecule has 0 aromatic heterocycles. The lowest BCUT2D eigenvalue weighted by atomic mass is 10.2. The summed E-state index contributed by atoms with van der Waals surface area (Å²) in [4.78, 5) is 24.0. The molecule has 1 aliphatic rings. The number of benzene rings is 2. The molecule has 0 aliphatic carbocycles. The summed E-state index contributed by atoms with van der Waals surface area (Å²) in [5.41, 5.74) is 0.239. The molecular formula is C18H13F2INO3+. The van der Waals surface area contributed by atoms with E-state index in [1.807, 2.05) is 0 Å². The largest absolute Gasteiger partial charge is 0.497 e. The van der Waals surface area contributed by atoms with Crippen LogP contribution in [-0.4, -0.2) is 23.8 Å². The average molecular weight is 456 g/mol. The van der Waals surface area contributed by atoms with Crippen LogP contribution in [0.4, 0.5) is 8.78 Å². The van der Waals surface area contributed by atoms with Crippen molar-refractivity contribution >= 4 is 11.8 Å². The molecule has 2 aromatic carbocycles. The van der Waals surface area contributed by atoms with Crippen molar-refractivity contribution in [1.82, 2.24) is 4.90 Å². The number of methoxy groups -OCH3 is 1. The number of hydrogen-bond donors (Lipinski definition) is 0. The van der Waals surface area contributed by atoms with Gasteiger partial charge in [0.2, 0.25) is 0 Å². The van der Waals surface area contributed by atoms with Crippen molar-refractivity contribution in [3.63, 3.8) is 0 Å². The Kier molecular flexibility index (Phi) is 5.12. The molecule has 0 bridgehead atoms. The van der Waals surface area contributed by atoms with Crippen molar-refractivity contribution in [2.75, 3.05) is 7.11 Å². The number of carbonyl (C=O) groups is 2. The maximum Gasteiger partial charge on any atom is 0.364 e. The molecule has 1 aliphatic heterocycles. The molecule has 0 spiro atoms. The molecule has 0 N–H and O–H groups in total. The van der Waals surface area contributed by atoms with Gasteiger partial charge in [-0.25, -0.2) is 8.78 Å². The summed E-state index contributed by atoms with van der Waals surface area (Å²) < 4.78 is 34.7. The molecule has 2 aromatic rings. The highest BCUT2D eigenvalue weighted by Crippen LogP contribution is 2.14. The number of rotatable bonds is 5. The minimum atomic E-state index is -1.05. The lowest BCUT2D eigenvalue weighted by molar-refractivity contribution is -0.603. The summed E-state index contributed by atoms with van der Waals surface area (Å²) in [7, 11) is 1.55. The molecule has 7 heteroatoms. The van der Waals surface area contributed by atoms with Gasteiger partial charge >= 0.3 is 21.2 Å². The number of imide groups is 1. The Hall–Kier alpha value is -2.29. The molecule has 0 saturated carbocycles. The van der Waals surface area contributed by atoms with Crippen LogP contribution in [0.3, 0.4) is 0 Å². The van der Waals surface area contributed by atoms with Gasteiger partial charge in [0, 0.05) is 12.2 Å². The van der Waals surface area contributed by atoms with Crippen LogP contribution in [-0.2, 0) is 16.1 Å². The van der Waals surface area contributed by atoms with Crippen LogP contribution in [0.2, 0.25) is 0 Å². The second kappa shape index (κ2) is 7.30. The smallest absolute Gasteiger partial charge is 0.364 e. The standard InChI is InChI=1S/C18H13F2INO3/c1-25-13-4-2-12(3-5-13)21-18-14(19)8-11(9-15(18)20)10-22-16(23)6-7-17(22)24/h2-9H,10H2,1H3/q+1. The fourth-order valence-corrected chi connectivity index (χ4v) is 4.47. The molecule has 0 saturated heterocycles. The average Bonchev–Trinajstić information content (AvgIpc) is 2.91. The van der Waals surface area contributed by atoms with Gasteiger partial charge in [0.05, 0.1) is 13.7 Å². The van der Waals surface area contributed by atoms with Crippen LogP contribution in [0.15, 0.2) is 48.6 Å². The van der Waals surface area contributed by atoms with Crippen LogP contribution in [0, 0.1) is 18.8 Å². The number of nitrogens with zero attached hydrogens (tertiary/aromatic N) is 1. The number of ether oxygens (including phenoxy) is 1. The van der Waals surface area contributed by atoms with Gasteiger partial charge in [-0.1, -0.05) is 0 Å². The summed E-state index contributed by atoms with van der Waals surface area (Å²) in [6.45, 7) is -0.153. The predicted molar refractivity (Wildman–Crippen MR) is 81.4 cm³/mol. The van der Waals surface area contributed by atoms with Crippen molar-refractivity contribution < 1.29 is 44.3 Å². The van der Waals surface area contributed by atoms with Crippen molar-refractivity contribution in [1.29, 1.82) is 0 Å². The topological polar surface area (TPSA) is 46.6 Å². The second-order valence-electron chi connectivity index (χ2n) is 5.22. The minimum absolute atomic E-state index is 0.0462. The second-order valence-corrected chi connectivity index (χ2v) is 8.09. The fraction of sp³-hybridized carbons (Fsp3) is 0.111. The van der Waals surface area contributed by atoms with Gasteiger partial charge in [0.1, 0.15) is 5.75 Å². The third kappa shape index (κ3) is 3.87. The van der Waals surface area contributed by atoms with E-state index in [2.05, 4.69) is 0 Å². The fourth-order valence-electron chi connectivity index (χ4n) is 2.30. The van der Waals surface area contributed by atoms with E-state index in [0.717, 1.165) is 20.6 Å². The van der Waals surface area contributed by atoms with E-state index in [0.29, 0.717) is 5.75 Å². The van der Waals surface area contributed by atoms with E-state index >= 15 is 0 Å². The Morgan fingerprint density at radius 2 is 1.56 bits per heavy atom. The molecule has 25 heavy (non-hydrogen) atoms. The highest BCUT2D eigenvalue weighted by Gasteiger charge is 2.29. The first kappa shape index (κ1) is 17.5. The van der Waals surface area contributed by atoms with Crippen LogP contribution in [0.25, 0.3) is 0 Å². The summed E-state index contributed by atoms with van der Waals surface area (Å²) in [5, 5.41) is 0. The van der Waals surface area contributed by atoms with Gasteiger partial charge in [0.25, 0.3) is 15.4 Å². The summed E-state index contributed by atoms with van der Waals surface area (Å²) >= 11 is -1.05. The Labute approximate surface area is 153 Å². The third-order valence-electron chi connectivity index (χ3n) is 3.54. The van der Waals surface area contributed by atoms with Crippen LogP contribution < -0.4 is 25.9 Å². The first-order valence-electron chi connectivity index (χ1n) is 7.28. The molecule has 2 amide bonds. The van der Waals surface area contributed by atoms with Crippen molar-refractivity contribution in [2.45, 2.75) is 6.54 Å². The summed E-state index contributed by atoms with van der Waals surface area (Å²) in [5.74, 6) is -1.62. The maximum atomic E-state index is 14.4. The van der Waals surface area contributed by atoms with Crippen molar-refractivity contribution in [3.8, 4) is 5.75 Å². The first-order valence-corrected chi connectivity index (χ1v) is 9.44. The molecule has 0 radical (unpaired) electrons. The summed E-state index contributed by atoms with van der Waals surface area (Å²) in [6, 6.07) is 9.42. The molecule has 128 valence electrons. The van der Waals surface area contributed by atoms with E-state index in [-0.39, 0.29) is 15.7 Å². The van der Waals surface area contributed by atoms with Gasteiger partial charge in [0.15, 0.2) is 15.2 Å². The van der Waals surface area contributed by atoms with Gasteiger partial charge in [-0.05, 0) is 42.0 Å². The van der Waals surface area contributed by atoms with Crippen LogP contribution in [0.1, 0.15) is 5.56 Å². The number of amides is 2. The molecule has 0 atom stereocenters. The molecular weight excluding hydrogens is 443 g/mol.